The van der Waals surface area contributed by atoms with Gasteiger partial charge in [0.05, 0.1) is 0 Å². The topological polar surface area (TPSA) is 20.3 Å². The third kappa shape index (κ3) is 0.840. The second-order valence-electron chi connectivity index (χ2n) is 3.48. The molecule has 1 heterocycles. The lowest BCUT2D eigenvalue weighted by molar-refractivity contribution is -0.123. The minimum atomic E-state index is 0.176. The third-order valence-corrected chi connectivity index (χ3v) is 2.78. The zero-order valence-electron chi connectivity index (χ0n) is 7.39. The van der Waals surface area contributed by atoms with Gasteiger partial charge < -0.3 is 4.90 Å². The second kappa shape index (κ2) is 2.47. The molecule has 0 bridgehead atoms. The molecule has 0 radical (unpaired) electrons. The summed E-state index contributed by atoms with van der Waals surface area (Å²) in [5.74, 6) is 0.176. The largest absolute Gasteiger partial charge is 0.312 e. The van der Waals surface area contributed by atoms with Crippen LogP contribution in [0.25, 0.3) is 0 Å². The van der Waals surface area contributed by atoms with Gasteiger partial charge in [0.2, 0.25) is 0 Å². The van der Waals surface area contributed by atoms with E-state index in [-0.39, 0.29) is 5.91 Å². The summed E-state index contributed by atoms with van der Waals surface area (Å²) in [7, 11) is 1.81. The number of likely N-dealkylation sites (N-methyl/N-ethyl adjacent to an activating group) is 1. The molecule has 64 valence electrons. The maximum atomic E-state index is 11.6. The fourth-order valence-electron chi connectivity index (χ4n) is 1.99. The molecule has 0 spiro atoms. The quantitative estimate of drug-likeness (QED) is 0.533. The molecule has 0 N–H and O–H groups in total. The first-order valence-corrected chi connectivity index (χ1v) is 4.41. The molecule has 0 saturated carbocycles. The fourth-order valence-corrected chi connectivity index (χ4v) is 1.99. The van der Waals surface area contributed by atoms with Crippen molar-refractivity contribution in [1.82, 2.24) is 4.90 Å². The van der Waals surface area contributed by atoms with Crippen LogP contribution in [0, 0.1) is 0 Å². The molecule has 1 amide bonds. The number of hydrogen-bond donors (Lipinski definition) is 0. The molecule has 1 aliphatic heterocycles. The van der Waals surface area contributed by atoms with E-state index in [0.717, 1.165) is 30.5 Å². The molecule has 0 aromatic heterocycles. The Kier molecular flexibility index (Phi) is 1.56. The van der Waals surface area contributed by atoms with Gasteiger partial charge in [0.1, 0.15) is 0 Å². The van der Waals surface area contributed by atoms with Crippen LogP contribution in [0.1, 0.15) is 25.7 Å². The average molecular weight is 163 g/mol. The lowest BCUT2D eigenvalue weighted by atomic mass is 9.93. The predicted octanol–water partition coefficient (Wildman–Crippen LogP) is 1.84. The van der Waals surface area contributed by atoms with Gasteiger partial charge in [0.15, 0.2) is 0 Å². The third-order valence-electron chi connectivity index (χ3n) is 2.78. The molecule has 0 fully saturated rings. The van der Waals surface area contributed by atoms with Gasteiger partial charge in [-0.1, -0.05) is 6.58 Å². The molecule has 2 aliphatic rings. The van der Waals surface area contributed by atoms with Crippen LogP contribution in [-0.4, -0.2) is 17.9 Å². The number of amides is 1. The van der Waals surface area contributed by atoms with Gasteiger partial charge >= 0.3 is 0 Å². The van der Waals surface area contributed by atoms with Crippen molar-refractivity contribution < 1.29 is 4.79 Å². The molecule has 12 heavy (non-hydrogen) atoms. The van der Waals surface area contributed by atoms with Crippen molar-refractivity contribution in [2.24, 2.45) is 0 Å². The van der Waals surface area contributed by atoms with Crippen molar-refractivity contribution in [2.75, 3.05) is 7.05 Å². The summed E-state index contributed by atoms with van der Waals surface area (Å²) in [6, 6.07) is 0. The lowest BCUT2D eigenvalue weighted by Gasteiger charge is -2.12. The van der Waals surface area contributed by atoms with Crippen molar-refractivity contribution in [1.29, 1.82) is 0 Å². The average Bonchev–Trinajstić information content (AvgIpc) is 2.33. The molecule has 0 unspecified atom stereocenters. The maximum Gasteiger partial charge on any atom is 0.254 e. The van der Waals surface area contributed by atoms with Crippen molar-refractivity contribution in [3.8, 4) is 0 Å². The van der Waals surface area contributed by atoms with Crippen molar-refractivity contribution in [3.05, 3.63) is 23.4 Å². The number of carbonyl (C=O) groups is 1. The Morgan fingerprint density at radius 1 is 1.25 bits per heavy atom. The summed E-state index contributed by atoms with van der Waals surface area (Å²) in [5.41, 5.74) is 3.16. The van der Waals surface area contributed by atoms with Crippen LogP contribution in [0.3, 0.4) is 0 Å². The number of carbonyl (C=O) groups excluding carboxylic acids is 1. The molecule has 2 nitrogen and oxygen atoms in total. The Bertz CT molecular complexity index is 260. The molecule has 0 saturated heterocycles. The first kappa shape index (κ1) is 7.59. The molecule has 2 rings (SSSR count). The smallest absolute Gasteiger partial charge is 0.254 e. The van der Waals surface area contributed by atoms with E-state index in [1.54, 1.807) is 4.90 Å². The van der Waals surface area contributed by atoms with Gasteiger partial charge in [0.25, 0.3) is 5.91 Å². The van der Waals surface area contributed by atoms with Crippen molar-refractivity contribution >= 4 is 5.91 Å². The van der Waals surface area contributed by atoms with Crippen LogP contribution >= 0.6 is 0 Å². The molecule has 0 aromatic rings. The van der Waals surface area contributed by atoms with Crippen LogP contribution in [-0.2, 0) is 4.79 Å². The Balaban J connectivity index is 2.41. The number of nitrogens with zero attached hydrogens (tertiary/aromatic N) is 1. The number of hydrogen-bond acceptors (Lipinski definition) is 1. The van der Waals surface area contributed by atoms with Crippen LogP contribution in [0.2, 0.25) is 0 Å². The zero-order chi connectivity index (χ0) is 8.72. The van der Waals surface area contributed by atoms with E-state index in [4.69, 9.17) is 0 Å². The first-order valence-electron chi connectivity index (χ1n) is 4.41. The summed E-state index contributed by atoms with van der Waals surface area (Å²) in [5, 5.41) is 0. The highest BCUT2D eigenvalue weighted by atomic mass is 16.2. The highest BCUT2D eigenvalue weighted by Crippen LogP contribution is 2.36. The van der Waals surface area contributed by atoms with E-state index in [1.807, 2.05) is 7.05 Å². The molecular formula is C10H13NO. The first-order chi connectivity index (χ1) is 5.72. The molecule has 1 aliphatic carbocycles. The second-order valence-corrected chi connectivity index (χ2v) is 3.48. The van der Waals surface area contributed by atoms with Gasteiger partial charge in [-0.3, -0.25) is 4.79 Å². The summed E-state index contributed by atoms with van der Waals surface area (Å²) in [6.45, 7) is 3.92. The Hall–Kier alpha value is -1.05. The molecule has 2 heteroatoms. The zero-order valence-corrected chi connectivity index (χ0v) is 7.39. The minimum Gasteiger partial charge on any atom is -0.312 e. The standard InChI is InChI=1S/C10H13NO/c1-7-8-5-3-4-6-9(8)10(12)11(7)2/h1,3-6H2,2H3. The van der Waals surface area contributed by atoms with Crippen molar-refractivity contribution in [3.63, 3.8) is 0 Å². The molecule has 0 aromatic carbocycles. The molecule has 0 atom stereocenters. The van der Waals surface area contributed by atoms with Crippen LogP contribution in [0.15, 0.2) is 23.4 Å². The van der Waals surface area contributed by atoms with Crippen LogP contribution in [0.5, 0.6) is 0 Å². The highest BCUT2D eigenvalue weighted by molar-refractivity contribution is 6.00. The summed E-state index contributed by atoms with van der Waals surface area (Å²) < 4.78 is 0. The van der Waals surface area contributed by atoms with Crippen LogP contribution in [0.4, 0.5) is 0 Å². The maximum absolute atomic E-state index is 11.6. The van der Waals surface area contributed by atoms with Gasteiger partial charge in [-0.25, -0.2) is 0 Å². The lowest BCUT2D eigenvalue weighted by Crippen LogP contribution is -2.19. The summed E-state index contributed by atoms with van der Waals surface area (Å²) in [4.78, 5) is 13.2. The Morgan fingerprint density at radius 2 is 1.83 bits per heavy atom. The number of allylic oxidation sites excluding steroid dienone is 1. The van der Waals surface area contributed by atoms with E-state index >= 15 is 0 Å². The minimum absolute atomic E-state index is 0.176. The fraction of sp³-hybridized carbons (Fsp3) is 0.500. The van der Waals surface area contributed by atoms with Gasteiger partial charge in [-0.2, -0.15) is 0 Å². The van der Waals surface area contributed by atoms with Gasteiger partial charge in [-0.05, 0) is 31.3 Å². The SMILES string of the molecule is C=C1C2=C(CCCC2)C(=O)N1C. The van der Waals surface area contributed by atoms with Gasteiger partial charge in [-0.15, -0.1) is 0 Å². The monoisotopic (exact) mass is 163 g/mol. The summed E-state index contributed by atoms with van der Waals surface area (Å²) in [6.07, 6.45) is 4.37. The Morgan fingerprint density at radius 3 is 2.42 bits per heavy atom. The van der Waals surface area contributed by atoms with E-state index < -0.39 is 0 Å². The molecular weight excluding hydrogens is 150 g/mol. The van der Waals surface area contributed by atoms with E-state index in [2.05, 4.69) is 6.58 Å². The Labute approximate surface area is 72.6 Å². The summed E-state index contributed by atoms with van der Waals surface area (Å²) >= 11 is 0. The van der Waals surface area contributed by atoms with E-state index in [9.17, 15) is 4.79 Å². The highest BCUT2D eigenvalue weighted by Gasteiger charge is 2.31. The normalized spacial score (nSPS) is 23.6. The van der Waals surface area contributed by atoms with Gasteiger partial charge in [0, 0.05) is 18.3 Å². The van der Waals surface area contributed by atoms with E-state index in [0.29, 0.717) is 0 Å². The van der Waals surface area contributed by atoms with E-state index in [1.165, 1.54) is 12.0 Å². The predicted molar refractivity (Wildman–Crippen MR) is 47.4 cm³/mol. The van der Waals surface area contributed by atoms with Crippen molar-refractivity contribution in [2.45, 2.75) is 25.7 Å². The van der Waals surface area contributed by atoms with Crippen LogP contribution < -0.4 is 0 Å². The number of rotatable bonds is 0.